The Morgan fingerprint density at radius 1 is 1.33 bits per heavy atom. The number of hydrogen-bond acceptors (Lipinski definition) is 5. The first kappa shape index (κ1) is 15.5. The third kappa shape index (κ3) is 4.28. The highest BCUT2D eigenvalue weighted by molar-refractivity contribution is 7.11. The van der Waals surface area contributed by atoms with Crippen molar-refractivity contribution in [2.45, 2.75) is 33.4 Å². The summed E-state index contributed by atoms with van der Waals surface area (Å²) >= 11 is 1.74. The molecular weight excluding hydrogens is 282 g/mol. The summed E-state index contributed by atoms with van der Waals surface area (Å²) in [4.78, 5) is 5.76. The third-order valence-corrected chi connectivity index (χ3v) is 4.43. The SMILES string of the molecule is Cc1nc(C)c(C(C)NCc2ccc(OCC#N)cc2)s1. The smallest absolute Gasteiger partial charge is 0.174 e. The van der Waals surface area contributed by atoms with Gasteiger partial charge in [-0.25, -0.2) is 4.98 Å². The number of hydrogen-bond donors (Lipinski definition) is 1. The highest BCUT2D eigenvalue weighted by Gasteiger charge is 2.12. The van der Waals surface area contributed by atoms with Gasteiger partial charge in [0.15, 0.2) is 6.61 Å². The topological polar surface area (TPSA) is 57.9 Å². The van der Waals surface area contributed by atoms with Gasteiger partial charge in [0.1, 0.15) is 11.8 Å². The number of thiazole rings is 1. The lowest BCUT2D eigenvalue weighted by Crippen LogP contribution is -2.17. The van der Waals surface area contributed by atoms with Crippen molar-refractivity contribution in [1.82, 2.24) is 10.3 Å². The molecule has 1 atom stereocenters. The van der Waals surface area contributed by atoms with Crippen LogP contribution in [0.25, 0.3) is 0 Å². The van der Waals surface area contributed by atoms with E-state index in [-0.39, 0.29) is 12.6 Å². The molecule has 1 unspecified atom stereocenters. The largest absolute Gasteiger partial charge is 0.479 e. The summed E-state index contributed by atoms with van der Waals surface area (Å²) < 4.78 is 5.24. The van der Waals surface area contributed by atoms with E-state index in [1.54, 1.807) is 11.3 Å². The van der Waals surface area contributed by atoms with Crippen LogP contribution in [0.4, 0.5) is 0 Å². The maximum Gasteiger partial charge on any atom is 0.174 e. The summed E-state index contributed by atoms with van der Waals surface area (Å²) in [5.74, 6) is 0.724. The minimum absolute atomic E-state index is 0.0820. The summed E-state index contributed by atoms with van der Waals surface area (Å²) in [5, 5.41) is 13.1. The molecule has 2 rings (SSSR count). The van der Waals surface area contributed by atoms with Gasteiger partial charge in [0, 0.05) is 17.5 Å². The van der Waals surface area contributed by atoms with E-state index in [1.165, 1.54) is 10.4 Å². The average molecular weight is 301 g/mol. The van der Waals surface area contributed by atoms with E-state index in [1.807, 2.05) is 37.3 Å². The molecule has 0 spiro atoms. The molecule has 0 saturated heterocycles. The van der Waals surface area contributed by atoms with E-state index < -0.39 is 0 Å². The van der Waals surface area contributed by atoms with Gasteiger partial charge in [0.25, 0.3) is 0 Å². The lowest BCUT2D eigenvalue weighted by atomic mass is 10.2. The molecule has 1 aromatic carbocycles. The van der Waals surface area contributed by atoms with Crippen LogP contribution in [0.2, 0.25) is 0 Å². The Morgan fingerprint density at radius 2 is 2.05 bits per heavy atom. The molecular formula is C16H19N3OS. The Morgan fingerprint density at radius 3 is 2.62 bits per heavy atom. The van der Waals surface area contributed by atoms with Crippen molar-refractivity contribution in [3.05, 3.63) is 45.4 Å². The second-order valence-electron chi connectivity index (χ2n) is 4.88. The van der Waals surface area contributed by atoms with Gasteiger partial charge in [0.05, 0.1) is 10.7 Å². The maximum absolute atomic E-state index is 8.47. The summed E-state index contributed by atoms with van der Waals surface area (Å²) in [6.45, 7) is 7.12. The molecule has 2 aromatic rings. The van der Waals surface area contributed by atoms with Crippen molar-refractivity contribution in [2.75, 3.05) is 6.61 Å². The van der Waals surface area contributed by atoms with Gasteiger partial charge in [-0.05, 0) is 38.5 Å². The van der Waals surface area contributed by atoms with Crippen molar-refractivity contribution < 1.29 is 4.74 Å². The van der Waals surface area contributed by atoms with Crippen molar-refractivity contribution in [3.8, 4) is 11.8 Å². The zero-order valence-electron chi connectivity index (χ0n) is 12.5. The maximum atomic E-state index is 8.47. The van der Waals surface area contributed by atoms with Gasteiger partial charge in [-0.1, -0.05) is 12.1 Å². The number of benzene rings is 1. The molecule has 0 aliphatic heterocycles. The normalized spacial score (nSPS) is 11.9. The average Bonchev–Trinajstić information content (AvgIpc) is 2.82. The van der Waals surface area contributed by atoms with Gasteiger partial charge >= 0.3 is 0 Å². The quantitative estimate of drug-likeness (QED) is 0.887. The van der Waals surface area contributed by atoms with E-state index in [2.05, 4.69) is 24.1 Å². The van der Waals surface area contributed by atoms with Gasteiger partial charge in [-0.2, -0.15) is 5.26 Å². The lowest BCUT2D eigenvalue weighted by Gasteiger charge is -2.13. The molecule has 0 radical (unpaired) electrons. The van der Waals surface area contributed by atoms with E-state index >= 15 is 0 Å². The van der Waals surface area contributed by atoms with Crippen LogP contribution in [0.15, 0.2) is 24.3 Å². The number of ether oxygens (including phenoxy) is 1. The second kappa shape index (κ2) is 7.21. The molecule has 0 amide bonds. The van der Waals surface area contributed by atoms with Crippen LogP contribution >= 0.6 is 11.3 Å². The molecule has 110 valence electrons. The monoisotopic (exact) mass is 301 g/mol. The number of nitriles is 1. The number of aryl methyl sites for hydroxylation is 2. The number of nitrogens with zero attached hydrogens (tertiary/aromatic N) is 2. The fraction of sp³-hybridized carbons (Fsp3) is 0.375. The molecule has 4 nitrogen and oxygen atoms in total. The summed E-state index contributed by atoms with van der Waals surface area (Å²) in [7, 11) is 0. The first-order valence-electron chi connectivity index (χ1n) is 6.86. The molecule has 5 heteroatoms. The molecule has 0 aliphatic rings. The highest BCUT2D eigenvalue weighted by Crippen LogP contribution is 2.24. The lowest BCUT2D eigenvalue weighted by molar-refractivity contribution is 0.368. The van der Waals surface area contributed by atoms with E-state index in [4.69, 9.17) is 10.00 Å². The van der Waals surface area contributed by atoms with Crippen LogP contribution in [-0.4, -0.2) is 11.6 Å². The summed E-state index contributed by atoms with van der Waals surface area (Å²) in [6.07, 6.45) is 0. The molecule has 0 aliphatic carbocycles. The predicted octanol–water partition coefficient (Wildman–Crippen LogP) is 3.51. The van der Waals surface area contributed by atoms with Gasteiger partial charge in [0.2, 0.25) is 0 Å². The molecule has 1 N–H and O–H groups in total. The fourth-order valence-electron chi connectivity index (χ4n) is 2.13. The van der Waals surface area contributed by atoms with Crippen molar-refractivity contribution in [3.63, 3.8) is 0 Å². The first-order chi connectivity index (χ1) is 10.1. The first-order valence-corrected chi connectivity index (χ1v) is 7.68. The van der Waals surface area contributed by atoms with Gasteiger partial charge in [-0.15, -0.1) is 11.3 Å². The van der Waals surface area contributed by atoms with Gasteiger partial charge in [-0.3, -0.25) is 0 Å². The van der Waals surface area contributed by atoms with Crippen LogP contribution in [0, 0.1) is 25.2 Å². The van der Waals surface area contributed by atoms with Crippen LogP contribution in [0.1, 0.15) is 34.1 Å². The van der Waals surface area contributed by atoms with E-state index in [0.29, 0.717) is 0 Å². The van der Waals surface area contributed by atoms with Crippen molar-refractivity contribution >= 4 is 11.3 Å². The summed E-state index contributed by atoms with van der Waals surface area (Å²) in [5.41, 5.74) is 2.29. The fourth-order valence-corrected chi connectivity index (χ4v) is 3.09. The van der Waals surface area contributed by atoms with Crippen LogP contribution in [0.3, 0.4) is 0 Å². The summed E-state index contributed by atoms with van der Waals surface area (Å²) in [6, 6.07) is 10.0. The third-order valence-electron chi connectivity index (χ3n) is 3.17. The van der Waals surface area contributed by atoms with Crippen LogP contribution < -0.4 is 10.1 Å². The Kier molecular flexibility index (Phi) is 5.32. The molecule has 1 aromatic heterocycles. The molecule has 0 fully saturated rings. The predicted molar refractivity (Wildman–Crippen MR) is 84.4 cm³/mol. The van der Waals surface area contributed by atoms with Crippen LogP contribution in [0.5, 0.6) is 5.75 Å². The zero-order valence-corrected chi connectivity index (χ0v) is 13.3. The van der Waals surface area contributed by atoms with E-state index in [9.17, 15) is 0 Å². The molecule has 21 heavy (non-hydrogen) atoms. The number of nitrogens with one attached hydrogen (secondary N) is 1. The highest BCUT2D eigenvalue weighted by atomic mass is 32.1. The molecule has 0 bridgehead atoms. The minimum Gasteiger partial charge on any atom is -0.479 e. The Hall–Kier alpha value is -1.90. The standard InChI is InChI=1S/C16H19N3OS/c1-11(16-12(2)19-13(3)21-16)18-10-14-4-6-15(7-5-14)20-9-8-17/h4-7,11,18H,9-10H2,1-3H3. The van der Waals surface area contributed by atoms with Crippen LogP contribution in [-0.2, 0) is 6.54 Å². The molecule has 0 saturated carbocycles. The molecule has 1 heterocycles. The van der Waals surface area contributed by atoms with Crippen molar-refractivity contribution in [1.29, 1.82) is 5.26 Å². The van der Waals surface area contributed by atoms with Crippen molar-refractivity contribution in [2.24, 2.45) is 0 Å². The number of rotatable bonds is 6. The van der Waals surface area contributed by atoms with E-state index in [0.717, 1.165) is 23.0 Å². The second-order valence-corrected chi connectivity index (χ2v) is 6.11. The Labute approximate surface area is 129 Å². The Balaban J connectivity index is 1.90. The number of aromatic nitrogens is 1. The van der Waals surface area contributed by atoms with Gasteiger partial charge < -0.3 is 10.1 Å². The zero-order chi connectivity index (χ0) is 15.2. The minimum atomic E-state index is 0.0820. The Bertz CT molecular complexity index is 628.